The Morgan fingerprint density at radius 1 is 0.825 bits per heavy atom. The largest absolute Gasteiger partial charge is 0.398 e. The van der Waals surface area contributed by atoms with Crippen LogP contribution >= 0.6 is 0 Å². The first-order chi connectivity index (χ1) is 19.0. The van der Waals surface area contributed by atoms with Gasteiger partial charge in [-0.1, -0.05) is 145 Å². The summed E-state index contributed by atoms with van der Waals surface area (Å²) in [6.45, 7) is 30.2. The van der Waals surface area contributed by atoms with Gasteiger partial charge in [-0.05, 0) is 76.6 Å². The topological polar surface area (TPSA) is 55.3 Å². The van der Waals surface area contributed by atoms with Gasteiger partial charge in [-0.25, -0.2) is 0 Å². The van der Waals surface area contributed by atoms with Crippen LogP contribution in [0.3, 0.4) is 0 Å². The van der Waals surface area contributed by atoms with Crippen molar-refractivity contribution < 1.29 is 0 Å². The predicted octanol–water partition coefficient (Wildman–Crippen LogP) is 11.5. The molecule has 40 heavy (non-hydrogen) atoms. The van der Waals surface area contributed by atoms with Crippen LogP contribution in [0.25, 0.3) is 0 Å². The highest BCUT2D eigenvalue weighted by atomic mass is 15.1. The zero-order valence-corrected chi connectivity index (χ0v) is 30.4. The monoisotopic (exact) mass is 566 g/mol. The second kappa shape index (κ2) is 34.1. The highest BCUT2D eigenvalue weighted by Crippen LogP contribution is 2.22. The maximum atomic E-state index is 5.75. The van der Waals surface area contributed by atoms with E-state index in [1.165, 1.54) is 100 Å². The van der Waals surface area contributed by atoms with Gasteiger partial charge >= 0.3 is 0 Å². The summed E-state index contributed by atoms with van der Waals surface area (Å²) in [6.07, 6.45) is 16.4. The number of aryl methyl sites for hydroxylation is 3. The second-order valence-corrected chi connectivity index (χ2v) is 11.7. The number of nitrogens with zero attached hydrogens (tertiary/aromatic N) is 1. The molecule has 0 amide bonds. The molecule has 3 nitrogen and oxygen atoms in total. The minimum absolute atomic E-state index is 0.455. The molecule has 0 bridgehead atoms. The van der Waals surface area contributed by atoms with Crippen molar-refractivity contribution in [1.82, 2.24) is 4.90 Å². The van der Waals surface area contributed by atoms with Crippen LogP contribution in [0.2, 0.25) is 0 Å². The normalized spacial score (nSPS) is 13.1. The van der Waals surface area contributed by atoms with Crippen molar-refractivity contribution in [2.75, 3.05) is 25.9 Å². The summed E-state index contributed by atoms with van der Waals surface area (Å²) in [5.41, 5.74) is 16.0. The van der Waals surface area contributed by atoms with Crippen LogP contribution in [-0.2, 0) is 0 Å². The lowest BCUT2D eigenvalue weighted by Gasteiger charge is -2.17. The molecular weight excluding hydrogens is 486 g/mol. The van der Waals surface area contributed by atoms with Crippen molar-refractivity contribution in [3.8, 4) is 0 Å². The van der Waals surface area contributed by atoms with Gasteiger partial charge in [-0.2, -0.15) is 0 Å². The number of unbranched alkanes of at least 4 members (excludes halogenated alkanes) is 3. The smallest absolute Gasteiger partial charge is 0.0373 e. The Hall–Kier alpha value is -1.06. The van der Waals surface area contributed by atoms with E-state index in [0.29, 0.717) is 6.04 Å². The Bertz CT molecular complexity index is 582. The van der Waals surface area contributed by atoms with Crippen molar-refractivity contribution >= 4 is 5.69 Å². The molecule has 0 saturated heterocycles. The summed E-state index contributed by atoms with van der Waals surface area (Å²) in [5.74, 6) is 1.84. The molecule has 1 aliphatic rings. The summed E-state index contributed by atoms with van der Waals surface area (Å²) in [4.78, 5) is 2.41. The Kier molecular flexibility index (Phi) is 39.2. The first kappa shape index (κ1) is 45.9. The molecule has 1 aromatic carbocycles. The van der Waals surface area contributed by atoms with Crippen molar-refractivity contribution in [2.24, 2.45) is 17.6 Å². The van der Waals surface area contributed by atoms with Crippen LogP contribution in [-0.4, -0.2) is 31.1 Å². The third-order valence-electron chi connectivity index (χ3n) is 6.90. The van der Waals surface area contributed by atoms with E-state index in [-0.39, 0.29) is 0 Å². The van der Waals surface area contributed by atoms with E-state index in [2.05, 4.69) is 72.5 Å². The Labute approximate surface area is 255 Å². The van der Waals surface area contributed by atoms with Gasteiger partial charge < -0.3 is 16.4 Å². The van der Waals surface area contributed by atoms with Crippen LogP contribution < -0.4 is 11.5 Å². The second-order valence-electron chi connectivity index (χ2n) is 11.7. The van der Waals surface area contributed by atoms with Crippen LogP contribution in [0.15, 0.2) is 12.1 Å². The molecule has 1 atom stereocenters. The van der Waals surface area contributed by atoms with Gasteiger partial charge in [0, 0.05) is 18.3 Å². The fourth-order valence-corrected chi connectivity index (χ4v) is 4.50. The van der Waals surface area contributed by atoms with Crippen LogP contribution in [0, 0.1) is 32.6 Å². The highest BCUT2D eigenvalue weighted by Gasteiger charge is 2.06. The maximum absolute atomic E-state index is 5.75. The van der Waals surface area contributed by atoms with Gasteiger partial charge in [-0.15, -0.1) is 0 Å². The molecule has 0 aromatic heterocycles. The van der Waals surface area contributed by atoms with Crippen molar-refractivity contribution in [3.05, 3.63) is 28.8 Å². The van der Waals surface area contributed by atoms with Gasteiger partial charge in [-0.3, -0.25) is 0 Å². The average Bonchev–Trinajstić information content (AvgIpc) is 2.94. The number of nitrogen functional groups attached to an aromatic ring is 1. The third kappa shape index (κ3) is 33.1. The molecule has 0 heterocycles. The number of rotatable bonds is 10. The van der Waals surface area contributed by atoms with Crippen LogP contribution in [0.5, 0.6) is 0 Å². The molecule has 1 fully saturated rings. The summed E-state index contributed by atoms with van der Waals surface area (Å²) < 4.78 is 0. The minimum Gasteiger partial charge on any atom is -0.398 e. The number of anilines is 1. The van der Waals surface area contributed by atoms with Gasteiger partial charge in [0.2, 0.25) is 0 Å². The zero-order chi connectivity index (χ0) is 31.9. The first-order valence-corrected chi connectivity index (χ1v) is 17.3. The molecule has 0 radical (unpaired) electrons. The lowest BCUT2D eigenvalue weighted by atomic mass is 9.91. The van der Waals surface area contributed by atoms with E-state index >= 15 is 0 Å². The van der Waals surface area contributed by atoms with E-state index in [4.69, 9.17) is 11.5 Å². The molecule has 1 aromatic rings. The van der Waals surface area contributed by atoms with Gasteiger partial charge in [0.05, 0.1) is 0 Å². The van der Waals surface area contributed by atoms with Crippen molar-refractivity contribution in [3.63, 3.8) is 0 Å². The molecule has 0 spiro atoms. The fourth-order valence-electron chi connectivity index (χ4n) is 4.50. The molecule has 1 aliphatic carbocycles. The van der Waals surface area contributed by atoms with E-state index in [1.54, 1.807) is 0 Å². The number of hydrogen-bond donors (Lipinski definition) is 2. The lowest BCUT2D eigenvalue weighted by Crippen LogP contribution is -2.24. The van der Waals surface area contributed by atoms with E-state index in [9.17, 15) is 0 Å². The molecule has 3 heteroatoms. The SMILES string of the molecule is CC.CC.CC1CCCCC1.CCCCCC(N)CC.CCCCN(C)CC(C)C.Cc1cc(C)c(N)c(C)c1. The van der Waals surface area contributed by atoms with E-state index in [0.717, 1.165) is 23.9 Å². The minimum atomic E-state index is 0.455. The molecule has 1 unspecified atom stereocenters. The number of benzene rings is 1. The molecule has 1 saturated carbocycles. The van der Waals surface area contributed by atoms with E-state index in [1.807, 2.05) is 41.5 Å². The summed E-state index contributed by atoms with van der Waals surface area (Å²) >= 11 is 0. The standard InChI is InChI=1S/C9H13N.C9H21N.C8H19N.C7H14.2C2H6/c1-6-4-7(2)9(10)8(3)5-6;1-5-6-7-10(4)8-9(2)3;1-3-5-6-7-8(9)4-2;1-7-5-3-2-4-6-7;2*1-2/h4-5H,10H2,1-3H3;9H,5-8H2,1-4H3;8H,3-7,9H2,1-2H3;7H,2-6H2,1H3;2*1-2H3. The number of nitrogens with two attached hydrogens (primary N) is 2. The summed E-state index contributed by atoms with van der Waals surface area (Å²) in [7, 11) is 2.20. The van der Waals surface area contributed by atoms with E-state index < -0.39 is 0 Å². The van der Waals surface area contributed by atoms with Gasteiger partial charge in [0.1, 0.15) is 0 Å². The van der Waals surface area contributed by atoms with Crippen molar-refractivity contribution in [1.29, 1.82) is 0 Å². The van der Waals surface area contributed by atoms with Crippen LogP contribution in [0.4, 0.5) is 5.69 Å². The van der Waals surface area contributed by atoms with Gasteiger partial charge in [0.15, 0.2) is 0 Å². The molecule has 4 N–H and O–H groups in total. The molecule has 0 aliphatic heterocycles. The van der Waals surface area contributed by atoms with Gasteiger partial charge in [0.25, 0.3) is 0 Å². The lowest BCUT2D eigenvalue weighted by molar-refractivity contribution is 0.291. The maximum Gasteiger partial charge on any atom is 0.0373 e. The Morgan fingerprint density at radius 2 is 1.30 bits per heavy atom. The molecule has 2 rings (SSSR count). The molecular formula is C37H79N3. The fraction of sp³-hybridized carbons (Fsp3) is 0.838. The Morgan fingerprint density at radius 3 is 1.65 bits per heavy atom. The van der Waals surface area contributed by atoms with Crippen molar-refractivity contribution in [2.45, 2.75) is 173 Å². The number of hydrogen-bond acceptors (Lipinski definition) is 3. The van der Waals surface area contributed by atoms with Crippen LogP contribution in [0.1, 0.15) is 163 Å². The summed E-state index contributed by atoms with van der Waals surface area (Å²) in [6, 6.07) is 4.65. The third-order valence-corrected chi connectivity index (χ3v) is 6.90. The zero-order valence-electron chi connectivity index (χ0n) is 30.4. The highest BCUT2D eigenvalue weighted by molar-refractivity contribution is 5.54. The average molecular weight is 566 g/mol. The Balaban J connectivity index is -0.000000208. The first-order valence-electron chi connectivity index (χ1n) is 17.3. The quantitative estimate of drug-likeness (QED) is 0.219. The molecule has 242 valence electrons. The predicted molar refractivity (Wildman–Crippen MR) is 190 cm³/mol. The summed E-state index contributed by atoms with van der Waals surface area (Å²) in [5, 5.41) is 0.